The highest BCUT2D eigenvalue weighted by molar-refractivity contribution is 5.48. The number of rotatable bonds is 2. The Morgan fingerprint density at radius 3 is 2.64 bits per heavy atom. The van der Waals surface area contributed by atoms with Crippen LogP contribution in [0.15, 0.2) is 18.3 Å². The standard InChI is InChI=1S/C9H10N4O/c1-6-5-10-9(11-6)7-3-4-8(14-2)13-12-7/h3-5H,1-2H3,(H,10,11). The molecule has 2 rings (SSSR count). The number of hydrogen-bond acceptors (Lipinski definition) is 4. The van der Waals surface area contributed by atoms with E-state index in [1.165, 1.54) is 0 Å². The molecule has 14 heavy (non-hydrogen) atoms. The number of H-pyrrole nitrogens is 1. The molecule has 2 heterocycles. The molecule has 72 valence electrons. The van der Waals surface area contributed by atoms with Gasteiger partial charge in [0, 0.05) is 18.0 Å². The summed E-state index contributed by atoms with van der Waals surface area (Å²) in [6, 6.07) is 3.56. The van der Waals surface area contributed by atoms with Crippen molar-refractivity contribution in [3.05, 3.63) is 24.0 Å². The van der Waals surface area contributed by atoms with Crippen molar-refractivity contribution >= 4 is 0 Å². The summed E-state index contributed by atoms with van der Waals surface area (Å²) in [7, 11) is 1.56. The number of aromatic nitrogens is 4. The van der Waals surface area contributed by atoms with E-state index >= 15 is 0 Å². The summed E-state index contributed by atoms with van der Waals surface area (Å²) in [6.07, 6.45) is 1.75. The predicted octanol–water partition coefficient (Wildman–Crippen LogP) is 1.18. The van der Waals surface area contributed by atoms with E-state index in [1.54, 1.807) is 19.4 Å². The molecular weight excluding hydrogens is 180 g/mol. The van der Waals surface area contributed by atoms with E-state index in [0.29, 0.717) is 11.6 Å². The van der Waals surface area contributed by atoms with Gasteiger partial charge in [-0.15, -0.1) is 10.2 Å². The summed E-state index contributed by atoms with van der Waals surface area (Å²) in [4.78, 5) is 7.22. The van der Waals surface area contributed by atoms with Crippen LogP contribution < -0.4 is 4.74 Å². The van der Waals surface area contributed by atoms with E-state index in [4.69, 9.17) is 4.74 Å². The Kier molecular flexibility index (Phi) is 2.14. The topological polar surface area (TPSA) is 63.7 Å². The number of aryl methyl sites for hydroxylation is 1. The first-order valence-corrected chi connectivity index (χ1v) is 4.19. The smallest absolute Gasteiger partial charge is 0.233 e. The Balaban J connectivity index is 2.33. The van der Waals surface area contributed by atoms with Crippen LogP contribution in [0.3, 0.4) is 0 Å². The molecule has 0 saturated carbocycles. The van der Waals surface area contributed by atoms with Gasteiger partial charge >= 0.3 is 0 Å². The fourth-order valence-corrected chi connectivity index (χ4v) is 1.10. The molecule has 5 nitrogen and oxygen atoms in total. The Morgan fingerprint density at radius 2 is 2.14 bits per heavy atom. The van der Waals surface area contributed by atoms with E-state index in [9.17, 15) is 0 Å². The molecule has 0 amide bonds. The van der Waals surface area contributed by atoms with Crippen molar-refractivity contribution in [2.45, 2.75) is 6.92 Å². The third kappa shape index (κ3) is 1.56. The van der Waals surface area contributed by atoms with Gasteiger partial charge in [-0.1, -0.05) is 0 Å². The summed E-state index contributed by atoms with van der Waals surface area (Å²) in [5, 5.41) is 7.81. The van der Waals surface area contributed by atoms with Gasteiger partial charge in [-0.2, -0.15) is 0 Å². The van der Waals surface area contributed by atoms with Gasteiger partial charge in [-0.05, 0) is 13.0 Å². The van der Waals surface area contributed by atoms with Gasteiger partial charge in [0.05, 0.1) is 7.11 Å². The third-order valence-electron chi connectivity index (χ3n) is 1.79. The predicted molar refractivity (Wildman–Crippen MR) is 50.9 cm³/mol. The van der Waals surface area contributed by atoms with Gasteiger partial charge in [0.2, 0.25) is 5.88 Å². The molecular formula is C9H10N4O. The molecule has 0 fully saturated rings. The van der Waals surface area contributed by atoms with Gasteiger partial charge in [0.15, 0.2) is 5.82 Å². The van der Waals surface area contributed by atoms with Gasteiger partial charge in [0.1, 0.15) is 5.69 Å². The number of nitrogens with zero attached hydrogens (tertiary/aromatic N) is 3. The van der Waals surface area contributed by atoms with Crippen LogP contribution in [0, 0.1) is 6.92 Å². The van der Waals surface area contributed by atoms with Crippen LogP contribution in [0.25, 0.3) is 11.5 Å². The molecule has 0 atom stereocenters. The second-order valence-electron chi connectivity index (χ2n) is 2.88. The second-order valence-corrected chi connectivity index (χ2v) is 2.88. The van der Waals surface area contributed by atoms with Gasteiger partial charge in [0.25, 0.3) is 0 Å². The van der Waals surface area contributed by atoms with E-state index in [0.717, 1.165) is 11.5 Å². The molecule has 1 N–H and O–H groups in total. The van der Waals surface area contributed by atoms with Crippen molar-refractivity contribution in [2.24, 2.45) is 0 Å². The molecule has 0 aliphatic carbocycles. The highest BCUT2D eigenvalue weighted by Gasteiger charge is 2.03. The average Bonchev–Trinajstić information content (AvgIpc) is 2.65. The van der Waals surface area contributed by atoms with Crippen LogP contribution in [0.2, 0.25) is 0 Å². The summed E-state index contributed by atoms with van der Waals surface area (Å²) >= 11 is 0. The Hall–Kier alpha value is -1.91. The largest absolute Gasteiger partial charge is 0.480 e. The number of ether oxygens (including phenoxy) is 1. The molecule has 2 aromatic heterocycles. The Bertz CT molecular complexity index is 421. The number of nitrogens with one attached hydrogen (secondary N) is 1. The minimum Gasteiger partial charge on any atom is -0.480 e. The quantitative estimate of drug-likeness (QED) is 0.772. The molecule has 0 aliphatic rings. The SMILES string of the molecule is COc1ccc(-c2ncc(C)[nH]2)nn1. The molecule has 2 aromatic rings. The Morgan fingerprint density at radius 1 is 1.29 bits per heavy atom. The first-order valence-electron chi connectivity index (χ1n) is 4.19. The summed E-state index contributed by atoms with van der Waals surface area (Å²) in [6.45, 7) is 1.94. The number of hydrogen-bond donors (Lipinski definition) is 1. The normalized spacial score (nSPS) is 10.1. The van der Waals surface area contributed by atoms with Crippen LogP contribution in [-0.2, 0) is 0 Å². The van der Waals surface area contributed by atoms with Crippen molar-refractivity contribution in [3.8, 4) is 17.4 Å². The van der Waals surface area contributed by atoms with Gasteiger partial charge in [-0.25, -0.2) is 4.98 Å². The van der Waals surface area contributed by atoms with Crippen molar-refractivity contribution in [3.63, 3.8) is 0 Å². The van der Waals surface area contributed by atoms with Gasteiger partial charge < -0.3 is 9.72 Å². The lowest BCUT2D eigenvalue weighted by atomic mass is 10.4. The minimum absolute atomic E-state index is 0.497. The molecule has 0 bridgehead atoms. The zero-order valence-electron chi connectivity index (χ0n) is 7.98. The second kappa shape index (κ2) is 3.45. The zero-order valence-corrected chi connectivity index (χ0v) is 7.98. The van der Waals surface area contributed by atoms with Crippen molar-refractivity contribution in [2.75, 3.05) is 7.11 Å². The fraction of sp³-hybridized carbons (Fsp3) is 0.222. The first-order chi connectivity index (χ1) is 6.79. The van der Waals surface area contributed by atoms with E-state index in [-0.39, 0.29) is 0 Å². The average molecular weight is 190 g/mol. The third-order valence-corrected chi connectivity index (χ3v) is 1.79. The van der Waals surface area contributed by atoms with E-state index < -0.39 is 0 Å². The van der Waals surface area contributed by atoms with Crippen molar-refractivity contribution < 1.29 is 4.74 Å². The highest BCUT2D eigenvalue weighted by Crippen LogP contribution is 2.13. The van der Waals surface area contributed by atoms with Crippen LogP contribution in [0.1, 0.15) is 5.69 Å². The maximum Gasteiger partial charge on any atom is 0.233 e. The molecule has 0 spiro atoms. The van der Waals surface area contributed by atoms with Crippen LogP contribution in [0.5, 0.6) is 5.88 Å². The molecule has 0 radical (unpaired) electrons. The molecule has 5 heteroatoms. The Labute approximate surface area is 81.2 Å². The lowest BCUT2D eigenvalue weighted by Gasteiger charge is -1.97. The summed E-state index contributed by atoms with van der Waals surface area (Å²) < 4.78 is 4.91. The van der Waals surface area contributed by atoms with Crippen LogP contribution in [-0.4, -0.2) is 27.3 Å². The fourth-order valence-electron chi connectivity index (χ4n) is 1.10. The van der Waals surface area contributed by atoms with Crippen LogP contribution >= 0.6 is 0 Å². The van der Waals surface area contributed by atoms with Gasteiger partial charge in [-0.3, -0.25) is 0 Å². The molecule has 0 unspecified atom stereocenters. The summed E-state index contributed by atoms with van der Waals surface area (Å²) in [5.74, 6) is 1.22. The molecule has 0 saturated heterocycles. The molecule has 0 aliphatic heterocycles. The minimum atomic E-state index is 0.497. The molecule has 0 aromatic carbocycles. The van der Waals surface area contributed by atoms with Crippen molar-refractivity contribution in [1.82, 2.24) is 20.2 Å². The number of aromatic amines is 1. The lowest BCUT2D eigenvalue weighted by molar-refractivity contribution is 0.392. The lowest BCUT2D eigenvalue weighted by Crippen LogP contribution is -1.92. The maximum absolute atomic E-state index is 4.91. The monoisotopic (exact) mass is 190 g/mol. The van der Waals surface area contributed by atoms with Crippen LogP contribution in [0.4, 0.5) is 0 Å². The zero-order chi connectivity index (χ0) is 9.97. The summed E-state index contributed by atoms with van der Waals surface area (Å²) in [5.41, 5.74) is 1.71. The van der Waals surface area contributed by atoms with E-state index in [1.807, 2.05) is 13.0 Å². The maximum atomic E-state index is 4.91. The first kappa shape index (κ1) is 8.68. The highest BCUT2D eigenvalue weighted by atomic mass is 16.5. The van der Waals surface area contributed by atoms with Crippen molar-refractivity contribution in [1.29, 1.82) is 0 Å². The number of methoxy groups -OCH3 is 1. The number of imidazole rings is 1. The van der Waals surface area contributed by atoms with E-state index in [2.05, 4.69) is 20.2 Å².